The quantitative estimate of drug-likeness (QED) is 0.784. The predicted octanol–water partition coefficient (Wildman–Crippen LogP) is 3.15. The van der Waals surface area contributed by atoms with Gasteiger partial charge in [0, 0.05) is 4.90 Å². The Kier molecular flexibility index (Phi) is 4.34. The zero-order chi connectivity index (χ0) is 13.1. The van der Waals surface area contributed by atoms with Crippen molar-refractivity contribution in [2.45, 2.75) is 18.0 Å². The number of halogens is 3. The first-order valence-corrected chi connectivity index (χ1v) is 5.86. The molecular formula is C11H11F3O2S. The van der Waals surface area contributed by atoms with Crippen LogP contribution in [-0.4, -0.2) is 17.5 Å². The Hall–Kier alpha value is -1.30. The van der Waals surface area contributed by atoms with Gasteiger partial charge in [-0.15, -0.1) is 0 Å². The third-order valence-electron chi connectivity index (χ3n) is 1.97. The van der Waals surface area contributed by atoms with E-state index in [0.29, 0.717) is 10.3 Å². The van der Waals surface area contributed by atoms with Gasteiger partial charge in [-0.1, -0.05) is 17.7 Å². The Balaban J connectivity index is 2.98. The van der Waals surface area contributed by atoms with Gasteiger partial charge >= 0.3 is 6.18 Å². The zero-order valence-electron chi connectivity index (χ0n) is 9.25. The molecule has 1 rings (SSSR count). The van der Waals surface area contributed by atoms with E-state index in [1.807, 2.05) is 6.92 Å². The van der Waals surface area contributed by atoms with E-state index in [1.165, 1.54) is 12.1 Å². The maximum atomic E-state index is 12.3. The smallest absolute Gasteiger partial charge is 0.449 e. The molecule has 0 bridgehead atoms. The van der Waals surface area contributed by atoms with Crippen LogP contribution in [-0.2, 0) is 15.5 Å². The third-order valence-corrected chi connectivity index (χ3v) is 3.13. The van der Waals surface area contributed by atoms with Crippen molar-refractivity contribution < 1.29 is 22.1 Å². The number of methoxy groups -OCH3 is 1. The van der Waals surface area contributed by atoms with Crippen LogP contribution in [0.4, 0.5) is 13.2 Å². The van der Waals surface area contributed by atoms with Crippen molar-refractivity contribution >= 4 is 10.8 Å². The molecule has 0 saturated heterocycles. The zero-order valence-corrected chi connectivity index (χ0v) is 10.1. The summed E-state index contributed by atoms with van der Waals surface area (Å²) in [6.07, 6.45) is -4.63. The van der Waals surface area contributed by atoms with Crippen LogP contribution in [0.3, 0.4) is 0 Å². The molecule has 94 valence electrons. The molecule has 0 saturated carbocycles. The molecule has 1 atom stereocenters. The standard InChI is InChI=1S/C11H11F3O2S/c1-8-3-5-9(6-4-8)17(15)7-10(16-2)11(12,13)14/h3-7H,1-2H3/b10-7-. The van der Waals surface area contributed by atoms with Crippen LogP contribution in [0, 0.1) is 6.92 Å². The fourth-order valence-corrected chi connectivity index (χ4v) is 2.03. The number of ether oxygens (including phenoxy) is 1. The van der Waals surface area contributed by atoms with Gasteiger partial charge in [-0.3, -0.25) is 0 Å². The van der Waals surface area contributed by atoms with Crippen molar-refractivity contribution in [1.29, 1.82) is 0 Å². The van der Waals surface area contributed by atoms with E-state index in [2.05, 4.69) is 4.74 Å². The van der Waals surface area contributed by atoms with E-state index in [1.54, 1.807) is 12.1 Å². The Labute approximate surface area is 99.6 Å². The molecule has 6 heteroatoms. The van der Waals surface area contributed by atoms with E-state index < -0.39 is 22.7 Å². The number of hydrogen-bond donors (Lipinski definition) is 0. The maximum Gasteiger partial charge on any atom is 0.449 e. The minimum absolute atomic E-state index is 0.300. The van der Waals surface area contributed by atoms with Gasteiger partial charge in [0.1, 0.15) is 0 Å². The number of aryl methyl sites for hydroxylation is 1. The summed E-state index contributed by atoms with van der Waals surface area (Å²) >= 11 is 0. The molecule has 17 heavy (non-hydrogen) atoms. The summed E-state index contributed by atoms with van der Waals surface area (Å²) in [5.41, 5.74) is 0.942. The second-order valence-electron chi connectivity index (χ2n) is 3.29. The van der Waals surface area contributed by atoms with Crippen molar-refractivity contribution in [3.05, 3.63) is 41.0 Å². The fourth-order valence-electron chi connectivity index (χ4n) is 1.07. The van der Waals surface area contributed by atoms with Crippen LogP contribution in [0.15, 0.2) is 40.3 Å². The van der Waals surface area contributed by atoms with E-state index >= 15 is 0 Å². The Morgan fingerprint density at radius 1 is 1.29 bits per heavy atom. The van der Waals surface area contributed by atoms with Crippen LogP contribution in [0.5, 0.6) is 0 Å². The van der Waals surface area contributed by atoms with Crippen molar-refractivity contribution in [1.82, 2.24) is 0 Å². The molecule has 0 aliphatic heterocycles. The lowest BCUT2D eigenvalue weighted by Gasteiger charge is -2.09. The molecule has 0 amide bonds. The maximum absolute atomic E-state index is 12.3. The van der Waals surface area contributed by atoms with Crippen LogP contribution >= 0.6 is 0 Å². The van der Waals surface area contributed by atoms with E-state index in [-0.39, 0.29) is 0 Å². The van der Waals surface area contributed by atoms with Gasteiger partial charge in [0.25, 0.3) is 0 Å². The highest BCUT2D eigenvalue weighted by Crippen LogP contribution is 2.27. The fraction of sp³-hybridized carbons (Fsp3) is 0.273. The molecule has 0 spiro atoms. The lowest BCUT2D eigenvalue weighted by Crippen LogP contribution is -2.14. The minimum Gasteiger partial charge on any atom is -0.492 e. The summed E-state index contributed by atoms with van der Waals surface area (Å²) < 4.78 is 52.8. The second kappa shape index (κ2) is 5.35. The van der Waals surface area contributed by atoms with Crippen molar-refractivity contribution in [2.75, 3.05) is 7.11 Å². The topological polar surface area (TPSA) is 26.3 Å². The molecule has 0 aromatic heterocycles. The second-order valence-corrected chi connectivity index (χ2v) is 4.60. The summed E-state index contributed by atoms with van der Waals surface area (Å²) in [7, 11) is -0.981. The van der Waals surface area contributed by atoms with Crippen LogP contribution in [0.25, 0.3) is 0 Å². The van der Waals surface area contributed by atoms with Gasteiger partial charge in [0.05, 0.1) is 23.3 Å². The van der Waals surface area contributed by atoms with Gasteiger partial charge in [-0.2, -0.15) is 13.2 Å². The van der Waals surface area contributed by atoms with Crippen molar-refractivity contribution in [3.8, 4) is 0 Å². The molecule has 0 aliphatic rings. The van der Waals surface area contributed by atoms with Crippen LogP contribution in [0.2, 0.25) is 0 Å². The Morgan fingerprint density at radius 2 is 1.82 bits per heavy atom. The van der Waals surface area contributed by atoms with Gasteiger partial charge in [-0.25, -0.2) is 4.21 Å². The predicted molar refractivity (Wildman–Crippen MR) is 58.7 cm³/mol. The summed E-state index contributed by atoms with van der Waals surface area (Å²) in [5.74, 6) is -1.25. The molecule has 0 heterocycles. The van der Waals surface area contributed by atoms with Gasteiger partial charge in [-0.05, 0) is 19.1 Å². The van der Waals surface area contributed by atoms with Crippen molar-refractivity contribution in [3.63, 3.8) is 0 Å². The van der Waals surface area contributed by atoms with Gasteiger partial charge < -0.3 is 4.74 Å². The number of alkyl halides is 3. The first-order chi connectivity index (χ1) is 7.84. The van der Waals surface area contributed by atoms with E-state index in [0.717, 1.165) is 12.7 Å². The molecule has 0 fully saturated rings. The van der Waals surface area contributed by atoms with Crippen molar-refractivity contribution in [2.24, 2.45) is 0 Å². The number of hydrogen-bond acceptors (Lipinski definition) is 2. The van der Waals surface area contributed by atoms with E-state index in [9.17, 15) is 17.4 Å². The summed E-state index contributed by atoms with van der Waals surface area (Å²) in [4.78, 5) is 0.300. The normalized spacial score (nSPS) is 14.5. The third kappa shape index (κ3) is 3.89. The SMILES string of the molecule is CO/C(=C\S(=O)c1ccc(C)cc1)C(F)(F)F. The van der Waals surface area contributed by atoms with E-state index in [4.69, 9.17) is 0 Å². The Bertz CT molecular complexity index is 435. The van der Waals surface area contributed by atoms with Crippen LogP contribution in [0.1, 0.15) is 5.56 Å². The lowest BCUT2D eigenvalue weighted by atomic mass is 10.2. The number of benzene rings is 1. The average molecular weight is 264 g/mol. The summed E-state index contributed by atoms with van der Waals surface area (Å²) in [6, 6.07) is 6.40. The molecule has 1 aromatic carbocycles. The summed E-state index contributed by atoms with van der Waals surface area (Å²) in [6.45, 7) is 1.83. The van der Waals surface area contributed by atoms with Gasteiger partial charge in [0.15, 0.2) is 0 Å². The first-order valence-electron chi connectivity index (χ1n) is 4.65. The average Bonchev–Trinajstić information content (AvgIpc) is 2.24. The molecule has 0 N–H and O–H groups in total. The molecule has 1 unspecified atom stereocenters. The van der Waals surface area contributed by atoms with Crippen LogP contribution < -0.4 is 0 Å². The lowest BCUT2D eigenvalue weighted by molar-refractivity contribution is -0.125. The molecule has 2 nitrogen and oxygen atoms in total. The highest BCUT2D eigenvalue weighted by Gasteiger charge is 2.35. The highest BCUT2D eigenvalue weighted by atomic mass is 32.2. The summed E-state index contributed by atoms with van der Waals surface area (Å²) in [5, 5.41) is 0.560. The van der Waals surface area contributed by atoms with Gasteiger partial charge in [0.2, 0.25) is 5.76 Å². The molecule has 0 aliphatic carbocycles. The Morgan fingerprint density at radius 3 is 2.24 bits per heavy atom. The number of allylic oxidation sites excluding steroid dienone is 1. The number of rotatable bonds is 3. The molecule has 0 radical (unpaired) electrons. The molecule has 1 aromatic rings. The highest BCUT2D eigenvalue weighted by molar-refractivity contribution is 7.88. The monoisotopic (exact) mass is 264 g/mol. The first kappa shape index (κ1) is 13.8. The largest absolute Gasteiger partial charge is 0.492 e. The molecular weight excluding hydrogens is 253 g/mol. The minimum atomic E-state index is -4.63.